The van der Waals surface area contributed by atoms with Crippen molar-refractivity contribution in [3.8, 4) is 0 Å². The van der Waals surface area contributed by atoms with Crippen molar-refractivity contribution in [1.82, 2.24) is 14.8 Å². The normalized spacial score (nSPS) is 23.2. The summed E-state index contributed by atoms with van der Waals surface area (Å²) < 4.78 is 0. The highest BCUT2D eigenvalue weighted by Gasteiger charge is 2.33. The molecule has 2 aliphatic rings. The van der Waals surface area contributed by atoms with Crippen LogP contribution in [0.5, 0.6) is 0 Å². The third-order valence-electron chi connectivity index (χ3n) is 6.31. The van der Waals surface area contributed by atoms with Crippen LogP contribution < -0.4 is 4.90 Å². The lowest BCUT2D eigenvalue weighted by Gasteiger charge is -2.48. The topological polar surface area (TPSA) is 42.8 Å². The van der Waals surface area contributed by atoms with Gasteiger partial charge in [-0.1, -0.05) is 18.2 Å². The summed E-state index contributed by atoms with van der Waals surface area (Å²) in [5.74, 6) is 0. The van der Waals surface area contributed by atoms with Crippen LogP contribution in [0.15, 0.2) is 30.3 Å². The van der Waals surface area contributed by atoms with E-state index in [2.05, 4.69) is 59.0 Å². The maximum absolute atomic E-state index is 9.69. The Balaban J connectivity index is 1.57. The number of fused-ring (bicyclic) bond motifs is 1. The van der Waals surface area contributed by atoms with E-state index in [1.807, 2.05) is 0 Å². The van der Waals surface area contributed by atoms with E-state index < -0.39 is 0 Å². The van der Waals surface area contributed by atoms with Crippen molar-refractivity contribution in [3.63, 3.8) is 0 Å². The molecule has 1 aromatic heterocycles. The monoisotopic (exact) mass is 368 g/mol. The third kappa shape index (κ3) is 3.96. The Bertz CT molecular complexity index is 772. The average Bonchev–Trinajstić information content (AvgIpc) is 2.68. The first-order chi connectivity index (χ1) is 13.2. The molecule has 5 nitrogen and oxygen atoms in total. The molecule has 146 valence electrons. The second-order valence-corrected chi connectivity index (χ2v) is 8.18. The first-order valence-electron chi connectivity index (χ1n) is 10.3. The number of aliphatic hydroxyl groups is 1. The van der Waals surface area contributed by atoms with E-state index in [0.717, 1.165) is 37.3 Å². The van der Waals surface area contributed by atoms with Crippen molar-refractivity contribution in [2.45, 2.75) is 38.3 Å². The molecule has 27 heavy (non-hydrogen) atoms. The summed E-state index contributed by atoms with van der Waals surface area (Å²) in [5, 5.41) is 10.9. The SMILES string of the molecule is Cc1cc(N2CCN(C3CCN(C)CC3)[C@@H](CCO)C2)c2ccccc2n1. The number of likely N-dealkylation sites (tertiary alicyclic amines) is 1. The van der Waals surface area contributed by atoms with Gasteiger partial charge in [0.2, 0.25) is 0 Å². The molecule has 0 unspecified atom stereocenters. The van der Waals surface area contributed by atoms with Crippen LogP contribution in [-0.2, 0) is 0 Å². The molecule has 3 heterocycles. The number of hydrogen-bond acceptors (Lipinski definition) is 5. The number of aliphatic hydroxyl groups excluding tert-OH is 1. The zero-order chi connectivity index (χ0) is 18.8. The van der Waals surface area contributed by atoms with Crippen molar-refractivity contribution in [2.75, 3.05) is 51.3 Å². The van der Waals surface area contributed by atoms with Gasteiger partial charge in [-0.3, -0.25) is 9.88 Å². The Kier molecular flexibility index (Phi) is 5.62. The van der Waals surface area contributed by atoms with E-state index in [4.69, 9.17) is 4.98 Å². The van der Waals surface area contributed by atoms with Crippen LogP contribution in [0.1, 0.15) is 25.0 Å². The van der Waals surface area contributed by atoms with Crippen LogP contribution in [0.2, 0.25) is 0 Å². The summed E-state index contributed by atoms with van der Waals surface area (Å²) in [5.41, 5.74) is 3.44. The van der Waals surface area contributed by atoms with Crippen LogP contribution in [0.3, 0.4) is 0 Å². The van der Waals surface area contributed by atoms with E-state index in [1.54, 1.807) is 0 Å². The molecule has 1 N–H and O–H groups in total. The standard InChI is InChI=1S/C22H32N4O/c1-17-15-22(20-5-3-4-6-21(20)23-17)25-12-13-26(19(16-25)9-14-27)18-7-10-24(2)11-8-18/h3-6,15,18-19,27H,7-14,16H2,1-2H3/t19-/m0/s1. The molecule has 2 aliphatic heterocycles. The average molecular weight is 369 g/mol. The Labute approximate surface area is 162 Å². The summed E-state index contributed by atoms with van der Waals surface area (Å²) in [6.07, 6.45) is 3.34. The van der Waals surface area contributed by atoms with Gasteiger partial charge in [0.15, 0.2) is 0 Å². The van der Waals surface area contributed by atoms with Crippen LogP contribution in [0, 0.1) is 6.92 Å². The number of piperazine rings is 1. The number of pyridine rings is 1. The van der Waals surface area contributed by atoms with E-state index in [-0.39, 0.29) is 6.61 Å². The van der Waals surface area contributed by atoms with E-state index in [9.17, 15) is 5.11 Å². The number of aromatic nitrogens is 1. The highest BCUT2D eigenvalue weighted by atomic mass is 16.3. The summed E-state index contributed by atoms with van der Waals surface area (Å²) in [6.45, 7) is 7.82. The predicted molar refractivity (Wildman–Crippen MR) is 111 cm³/mol. The Morgan fingerprint density at radius 3 is 2.67 bits per heavy atom. The fourth-order valence-electron chi connectivity index (χ4n) is 4.85. The van der Waals surface area contributed by atoms with Gasteiger partial charge in [0, 0.05) is 55.1 Å². The van der Waals surface area contributed by atoms with Crippen LogP contribution in [0.4, 0.5) is 5.69 Å². The van der Waals surface area contributed by atoms with Gasteiger partial charge in [0.25, 0.3) is 0 Å². The second kappa shape index (κ2) is 8.13. The van der Waals surface area contributed by atoms with Gasteiger partial charge in [-0.15, -0.1) is 0 Å². The number of hydrogen-bond donors (Lipinski definition) is 1. The third-order valence-corrected chi connectivity index (χ3v) is 6.31. The number of para-hydroxylation sites is 1. The van der Waals surface area contributed by atoms with Crippen molar-refractivity contribution < 1.29 is 5.11 Å². The predicted octanol–water partition coefficient (Wildman–Crippen LogP) is 2.51. The molecule has 0 radical (unpaired) electrons. The summed E-state index contributed by atoms with van der Waals surface area (Å²) >= 11 is 0. The van der Waals surface area contributed by atoms with E-state index >= 15 is 0 Å². The lowest BCUT2D eigenvalue weighted by atomic mass is 9.97. The number of rotatable bonds is 4. The highest BCUT2D eigenvalue weighted by Crippen LogP contribution is 2.30. The molecule has 0 saturated carbocycles. The molecule has 0 aliphatic carbocycles. The molecule has 5 heteroatoms. The number of benzene rings is 1. The molecule has 2 aromatic rings. The van der Waals surface area contributed by atoms with Gasteiger partial charge in [-0.05, 0) is 58.5 Å². The maximum Gasteiger partial charge on any atom is 0.0726 e. The minimum atomic E-state index is 0.262. The fraction of sp³-hybridized carbons (Fsp3) is 0.591. The fourth-order valence-corrected chi connectivity index (χ4v) is 4.85. The van der Waals surface area contributed by atoms with Crippen molar-refractivity contribution >= 4 is 16.6 Å². The molecular weight excluding hydrogens is 336 g/mol. The quantitative estimate of drug-likeness (QED) is 0.898. The molecular formula is C22H32N4O. The van der Waals surface area contributed by atoms with Crippen LogP contribution in [-0.4, -0.2) is 78.4 Å². The number of aryl methyl sites for hydroxylation is 1. The molecule has 2 fully saturated rings. The zero-order valence-electron chi connectivity index (χ0n) is 16.6. The van der Waals surface area contributed by atoms with Crippen LogP contribution in [0.25, 0.3) is 10.9 Å². The maximum atomic E-state index is 9.69. The first-order valence-corrected chi connectivity index (χ1v) is 10.3. The van der Waals surface area contributed by atoms with Gasteiger partial charge in [-0.2, -0.15) is 0 Å². The molecule has 0 spiro atoms. The number of anilines is 1. The molecule has 0 amide bonds. The summed E-state index contributed by atoms with van der Waals surface area (Å²) in [7, 11) is 2.22. The highest BCUT2D eigenvalue weighted by molar-refractivity contribution is 5.92. The Hall–Kier alpha value is -1.69. The first kappa shape index (κ1) is 18.7. The minimum absolute atomic E-state index is 0.262. The number of nitrogens with zero attached hydrogens (tertiary/aromatic N) is 4. The molecule has 1 atom stereocenters. The van der Waals surface area contributed by atoms with Gasteiger partial charge >= 0.3 is 0 Å². The Morgan fingerprint density at radius 2 is 1.89 bits per heavy atom. The van der Waals surface area contributed by atoms with Crippen molar-refractivity contribution in [2.24, 2.45) is 0 Å². The van der Waals surface area contributed by atoms with E-state index in [1.165, 1.54) is 37.0 Å². The van der Waals surface area contributed by atoms with Gasteiger partial charge < -0.3 is 14.9 Å². The zero-order valence-corrected chi connectivity index (χ0v) is 16.6. The van der Waals surface area contributed by atoms with Gasteiger partial charge in [0.05, 0.1) is 5.52 Å². The second-order valence-electron chi connectivity index (χ2n) is 8.18. The lowest BCUT2D eigenvalue weighted by molar-refractivity contribution is 0.0599. The van der Waals surface area contributed by atoms with Gasteiger partial charge in [-0.25, -0.2) is 0 Å². The van der Waals surface area contributed by atoms with Crippen LogP contribution >= 0.6 is 0 Å². The van der Waals surface area contributed by atoms with Gasteiger partial charge in [0.1, 0.15) is 0 Å². The van der Waals surface area contributed by atoms with E-state index in [0.29, 0.717) is 12.1 Å². The summed E-state index contributed by atoms with van der Waals surface area (Å²) in [6, 6.07) is 11.8. The Morgan fingerprint density at radius 1 is 1.11 bits per heavy atom. The van der Waals surface area contributed by atoms with Crippen molar-refractivity contribution in [3.05, 3.63) is 36.0 Å². The van der Waals surface area contributed by atoms with Crippen molar-refractivity contribution in [1.29, 1.82) is 0 Å². The smallest absolute Gasteiger partial charge is 0.0726 e. The summed E-state index contributed by atoms with van der Waals surface area (Å²) in [4.78, 5) is 12.3. The molecule has 4 rings (SSSR count). The number of piperidine rings is 1. The molecule has 1 aromatic carbocycles. The lowest BCUT2D eigenvalue weighted by Crippen LogP contribution is -2.58. The minimum Gasteiger partial charge on any atom is -0.396 e. The largest absolute Gasteiger partial charge is 0.396 e. The molecule has 0 bridgehead atoms. The molecule has 2 saturated heterocycles.